The molecule has 0 aromatic heterocycles. The molecule has 1 heterocycles. The molecule has 80 valence electrons. The highest BCUT2D eigenvalue weighted by Crippen LogP contribution is 2.47. The van der Waals surface area contributed by atoms with Crippen molar-refractivity contribution in [1.29, 1.82) is 0 Å². The molecule has 0 amide bonds. The van der Waals surface area contributed by atoms with E-state index in [0.717, 1.165) is 11.3 Å². The molecule has 0 saturated carbocycles. The van der Waals surface area contributed by atoms with E-state index >= 15 is 0 Å². The summed E-state index contributed by atoms with van der Waals surface area (Å²) in [5, 5.41) is 0. The Morgan fingerprint density at radius 3 is 3.00 bits per heavy atom. The second-order valence-electron chi connectivity index (χ2n) is 3.95. The summed E-state index contributed by atoms with van der Waals surface area (Å²) in [7, 11) is 0. The molecule has 2 nitrogen and oxygen atoms in total. The van der Waals surface area contributed by atoms with Crippen molar-refractivity contribution in [2.75, 3.05) is 6.54 Å². The highest BCUT2D eigenvalue weighted by atomic mass is 32.2. The lowest BCUT2D eigenvalue weighted by molar-refractivity contribution is 0.215. The fraction of sp³-hybridized carbons (Fsp3) is 0.333. The van der Waals surface area contributed by atoms with Crippen LogP contribution in [0.15, 0.2) is 29.2 Å². The molecule has 2 rings (SSSR count). The summed E-state index contributed by atoms with van der Waals surface area (Å²) < 4.78 is 5.81. The van der Waals surface area contributed by atoms with Crippen molar-refractivity contribution in [3.8, 4) is 5.75 Å². The zero-order chi connectivity index (χ0) is 10.9. The van der Waals surface area contributed by atoms with Gasteiger partial charge in [0.1, 0.15) is 5.75 Å². The zero-order valence-electron chi connectivity index (χ0n) is 8.99. The average Bonchev–Trinajstić information content (AvgIpc) is 2.47. The van der Waals surface area contributed by atoms with Crippen LogP contribution in [0.2, 0.25) is 0 Å². The third kappa shape index (κ3) is 2.36. The van der Waals surface area contributed by atoms with E-state index in [9.17, 15) is 0 Å². The first-order valence-electron chi connectivity index (χ1n) is 4.99. The summed E-state index contributed by atoms with van der Waals surface area (Å²) in [6, 6.07) is 6.25. The normalized spacial score (nSPS) is 17.8. The minimum absolute atomic E-state index is 0.140. The van der Waals surface area contributed by atoms with Crippen molar-refractivity contribution in [3.63, 3.8) is 0 Å². The van der Waals surface area contributed by atoms with E-state index in [0.29, 0.717) is 6.54 Å². The van der Waals surface area contributed by atoms with Crippen LogP contribution in [0.25, 0.3) is 6.08 Å². The van der Waals surface area contributed by atoms with Crippen LogP contribution in [-0.2, 0) is 0 Å². The summed E-state index contributed by atoms with van der Waals surface area (Å²) >= 11 is 1.75. The van der Waals surface area contributed by atoms with Gasteiger partial charge in [0.15, 0.2) is 4.93 Å². The molecule has 0 spiro atoms. The second-order valence-corrected chi connectivity index (χ2v) is 5.58. The maximum Gasteiger partial charge on any atom is 0.153 e. The van der Waals surface area contributed by atoms with Gasteiger partial charge in [0.05, 0.1) is 4.90 Å². The Morgan fingerprint density at radius 2 is 2.27 bits per heavy atom. The van der Waals surface area contributed by atoms with Gasteiger partial charge in [0, 0.05) is 6.54 Å². The van der Waals surface area contributed by atoms with Gasteiger partial charge in [-0.05, 0) is 31.5 Å². The Labute approximate surface area is 94.5 Å². The standard InChI is InChI=1S/C12H15NOS/c1-12(2)14-10-8-9(4-3-7-13)5-6-11(10)15-12/h3-6,8H,7,13H2,1-2H3/b4-3+. The van der Waals surface area contributed by atoms with Gasteiger partial charge < -0.3 is 10.5 Å². The SMILES string of the molecule is CC1(C)Oc2cc(/C=C/CN)ccc2S1. The van der Waals surface area contributed by atoms with Crippen molar-refractivity contribution in [2.24, 2.45) is 5.73 Å². The molecule has 0 aliphatic carbocycles. The summed E-state index contributed by atoms with van der Waals surface area (Å²) in [4.78, 5) is 1.07. The largest absolute Gasteiger partial charge is 0.476 e. The smallest absolute Gasteiger partial charge is 0.153 e. The van der Waals surface area contributed by atoms with Gasteiger partial charge in [-0.15, -0.1) is 0 Å². The van der Waals surface area contributed by atoms with Gasteiger partial charge in [-0.25, -0.2) is 0 Å². The fourth-order valence-electron chi connectivity index (χ4n) is 1.55. The van der Waals surface area contributed by atoms with Crippen molar-refractivity contribution in [1.82, 2.24) is 0 Å². The van der Waals surface area contributed by atoms with Gasteiger partial charge in [-0.2, -0.15) is 0 Å². The Balaban J connectivity index is 2.26. The molecule has 0 bridgehead atoms. The minimum atomic E-state index is -0.140. The molecule has 0 unspecified atom stereocenters. The Hall–Kier alpha value is -0.930. The maximum atomic E-state index is 5.81. The fourth-order valence-corrected chi connectivity index (χ4v) is 2.55. The van der Waals surface area contributed by atoms with Crippen LogP contribution in [0.1, 0.15) is 19.4 Å². The number of nitrogens with two attached hydrogens (primary N) is 1. The lowest BCUT2D eigenvalue weighted by Gasteiger charge is -2.15. The highest BCUT2D eigenvalue weighted by Gasteiger charge is 2.30. The number of hydrogen-bond donors (Lipinski definition) is 1. The van der Waals surface area contributed by atoms with Crippen molar-refractivity contribution >= 4 is 17.8 Å². The first-order valence-corrected chi connectivity index (χ1v) is 5.81. The van der Waals surface area contributed by atoms with Crippen molar-refractivity contribution in [3.05, 3.63) is 29.8 Å². The lowest BCUT2D eigenvalue weighted by atomic mass is 10.2. The molecule has 0 radical (unpaired) electrons. The third-order valence-corrected chi connectivity index (χ3v) is 3.26. The Bertz CT molecular complexity index is 399. The molecule has 2 N–H and O–H groups in total. The predicted molar refractivity (Wildman–Crippen MR) is 65.1 cm³/mol. The third-order valence-electron chi connectivity index (χ3n) is 2.13. The first-order chi connectivity index (χ1) is 7.11. The Kier molecular flexibility index (Phi) is 2.76. The molecule has 0 saturated heterocycles. The van der Waals surface area contributed by atoms with Crippen LogP contribution in [0.5, 0.6) is 5.75 Å². The van der Waals surface area contributed by atoms with E-state index in [-0.39, 0.29) is 4.93 Å². The van der Waals surface area contributed by atoms with E-state index in [4.69, 9.17) is 10.5 Å². The molecule has 0 fully saturated rings. The quantitative estimate of drug-likeness (QED) is 0.834. The minimum Gasteiger partial charge on any atom is -0.476 e. The van der Waals surface area contributed by atoms with Crippen LogP contribution >= 0.6 is 11.8 Å². The van der Waals surface area contributed by atoms with Crippen LogP contribution in [0.3, 0.4) is 0 Å². The Morgan fingerprint density at radius 1 is 1.47 bits per heavy atom. The topological polar surface area (TPSA) is 35.2 Å². The molecule has 0 atom stereocenters. The average molecular weight is 221 g/mol. The highest BCUT2D eigenvalue weighted by molar-refractivity contribution is 8.00. The monoisotopic (exact) mass is 221 g/mol. The number of fused-ring (bicyclic) bond motifs is 1. The molecule has 1 aromatic carbocycles. The van der Waals surface area contributed by atoms with Crippen LogP contribution in [0, 0.1) is 0 Å². The van der Waals surface area contributed by atoms with Gasteiger partial charge >= 0.3 is 0 Å². The molecular formula is C12H15NOS. The molecule has 1 aromatic rings. The van der Waals surface area contributed by atoms with Crippen LogP contribution < -0.4 is 10.5 Å². The number of thioether (sulfide) groups is 1. The molecule has 1 aliphatic rings. The van der Waals surface area contributed by atoms with Gasteiger partial charge in [-0.1, -0.05) is 30.0 Å². The van der Waals surface area contributed by atoms with Gasteiger partial charge in [0.25, 0.3) is 0 Å². The first kappa shape index (κ1) is 10.6. The van der Waals surface area contributed by atoms with Crippen LogP contribution in [-0.4, -0.2) is 11.5 Å². The molecule has 15 heavy (non-hydrogen) atoms. The summed E-state index contributed by atoms with van der Waals surface area (Å²) in [6.07, 6.45) is 3.95. The van der Waals surface area contributed by atoms with Gasteiger partial charge in [-0.3, -0.25) is 0 Å². The second kappa shape index (κ2) is 3.91. The summed E-state index contributed by atoms with van der Waals surface area (Å²) in [5.41, 5.74) is 6.55. The van der Waals surface area contributed by atoms with Crippen LogP contribution in [0.4, 0.5) is 0 Å². The van der Waals surface area contributed by atoms with Crippen molar-refractivity contribution < 1.29 is 4.74 Å². The van der Waals surface area contributed by atoms with Crippen molar-refractivity contribution in [2.45, 2.75) is 23.7 Å². The van der Waals surface area contributed by atoms with Gasteiger partial charge in [0.2, 0.25) is 0 Å². The molecule has 3 heteroatoms. The maximum absolute atomic E-state index is 5.81. The lowest BCUT2D eigenvalue weighted by Crippen LogP contribution is -2.18. The van der Waals surface area contributed by atoms with E-state index in [1.165, 1.54) is 4.90 Å². The number of ether oxygens (including phenoxy) is 1. The summed E-state index contributed by atoms with van der Waals surface area (Å²) in [6.45, 7) is 4.72. The number of benzene rings is 1. The number of rotatable bonds is 2. The zero-order valence-corrected chi connectivity index (χ0v) is 9.80. The summed E-state index contributed by atoms with van der Waals surface area (Å²) in [5.74, 6) is 0.976. The van der Waals surface area contributed by atoms with E-state index in [1.807, 2.05) is 12.2 Å². The molecule has 1 aliphatic heterocycles. The predicted octanol–water partition coefficient (Wildman–Crippen LogP) is 2.88. The van der Waals surface area contributed by atoms with E-state index in [1.54, 1.807) is 11.8 Å². The molecular weight excluding hydrogens is 206 g/mol. The van der Waals surface area contributed by atoms with E-state index in [2.05, 4.69) is 32.0 Å². The van der Waals surface area contributed by atoms with E-state index < -0.39 is 0 Å². The number of hydrogen-bond acceptors (Lipinski definition) is 3.